The van der Waals surface area contributed by atoms with Crippen LogP contribution in [0.5, 0.6) is 0 Å². The van der Waals surface area contributed by atoms with Gasteiger partial charge in [0.15, 0.2) is 5.82 Å². The van der Waals surface area contributed by atoms with Gasteiger partial charge in [0.25, 0.3) is 0 Å². The van der Waals surface area contributed by atoms with Crippen LogP contribution in [0, 0.1) is 0 Å². The van der Waals surface area contributed by atoms with E-state index in [0.29, 0.717) is 6.04 Å². The van der Waals surface area contributed by atoms with Crippen molar-refractivity contribution in [3.8, 4) is 0 Å². The molecule has 1 aromatic rings. The highest BCUT2D eigenvalue weighted by Crippen LogP contribution is 2.13. The zero-order valence-corrected chi connectivity index (χ0v) is 10.7. The molecule has 0 unspecified atom stereocenters. The molecule has 0 aliphatic heterocycles. The lowest BCUT2D eigenvalue weighted by molar-refractivity contribution is 0.652. The van der Waals surface area contributed by atoms with E-state index in [2.05, 4.69) is 47.3 Å². The van der Waals surface area contributed by atoms with Crippen LogP contribution in [0.25, 0.3) is 0 Å². The fourth-order valence-corrected chi connectivity index (χ4v) is 1.66. The van der Waals surface area contributed by atoms with Gasteiger partial charge in [-0.15, -0.1) is 5.10 Å². The van der Waals surface area contributed by atoms with Gasteiger partial charge in [0, 0.05) is 19.1 Å². The van der Waals surface area contributed by atoms with Crippen LogP contribution in [0.4, 0.5) is 5.82 Å². The smallest absolute Gasteiger partial charge is 0.151 e. The van der Waals surface area contributed by atoms with Gasteiger partial charge in [0.2, 0.25) is 0 Å². The maximum absolute atomic E-state index is 4.27. The predicted molar refractivity (Wildman–Crippen MR) is 67.6 cm³/mol. The van der Waals surface area contributed by atoms with Crippen molar-refractivity contribution in [3.63, 3.8) is 0 Å². The van der Waals surface area contributed by atoms with Gasteiger partial charge < -0.3 is 10.2 Å². The summed E-state index contributed by atoms with van der Waals surface area (Å²) >= 11 is 0. The summed E-state index contributed by atoms with van der Waals surface area (Å²) in [5.74, 6) is 0.969. The van der Waals surface area contributed by atoms with Crippen LogP contribution in [-0.2, 0) is 6.54 Å². The van der Waals surface area contributed by atoms with E-state index in [4.69, 9.17) is 0 Å². The average Bonchev–Trinajstić information content (AvgIpc) is 2.27. The maximum atomic E-state index is 4.27. The Labute approximate surface area is 98.1 Å². The van der Waals surface area contributed by atoms with Crippen molar-refractivity contribution in [2.24, 2.45) is 0 Å². The second-order valence-corrected chi connectivity index (χ2v) is 4.20. The molecule has 0 aromatic carbocycles. The Morgan fingerprint density at radius 2 is 2.06 bits per heavy atom. The molecule has 0 radical (unpaired) electrons. The van der Waals surface area contributed by atoms with Gasteiger partial charge in [-0.05, 0) is 39.4 Å². The summed E-state index contributed by atoms with van der Waals surface area (Å²) in [7, 11) is 1.91. The van der Waals surface area contributed by atoms with E-state index < -0.39 is 0 Å². The molecule has 0 fully saturated rings. The summed E-state index contributed by atoms with van der Waals surface area (Å²) in [5.41, 5.74) is 0.978. The molecule has 0 saturated carbocycles. The lowest BCUT2D eigenvalue weighted by Crippen LogP contribution is -2.32. The zero-order valence-electron chi connectivity index (χ0n) is 10.7. The standard InChI is InChI=1S/C12H22N4/c1-5-8-16(10(2)3)12-7-6-11(9-13-4)14-15-12/h6-7,10,13H,5,8-9H2,1-4H3. The fourth-order valence-electron chi connectivity index (χ4n) is 1.66. The number of nitrogens with zero attached hydrogens (tertiary/aromatic N) is 3. The summed E-state index contributed by atoms with van der Waals surface area (Å²) < 4.78 is 0. The Morgan fingerprint density at radius 1 is 1.31 bits per heavy atom. The molecule has 0 amide bonds. The summed E-state index contributed by atoms with van der Waals surface area (Å²) in [4.78, 5) is 2.27. The molecule has 1 rings (SSSR count). The quantitative estimate of drug-likeness (QED) is 0.797. The lowest BCUT2D eigenvalue weighted by atomic mass is 10.2. The first-order valence-corrected chi connectivity index (χ1v) is 5.92. The highest BCUT2D eigenvalue weighted by atomic mass is 15.3. The summed E-state index contributed by atoms with van der Waals surface area (Å²) in [5, 5.41) is 11.5. The van der Waals surface area contributed by atoms with Gasteiger partial charge in [-0.1, -0.05) is 6.92 Å². The summed E-state index contributed by atoms with van der Waals surface area (Å²) in [6, 6.07) is 4.54. The average molecular weight is 222 g/mol. The van der Waals surface area contributed by atoms with Crippen molar-refractivity contribution < 1.29 is 0 Å². The second kappa shape index (κ2) is 6.43. The number of nitrogens with one attached hydrogen (secondary N) is 1. The Kier molecular flexibility index (Phi) is 5.19. The first-order chi connectivity index (χ1) is 7.69. The Bertz CT molecular complexity index is 294. The molecule has 0 aliphatic carbocycles. The van der Waals surface area contributed by atoms with Crippen LogP contribution >= 0.6 is 0 Å². The van der Waals surface area contributed by atoms with Crippen LogP contribution in [0.2, 0.25) is 0 Å². The molecule has 1 N–H and O–H groups in total. The topological polar surface area (TPSA) is 41.0 Å². The van der Waals surface area contributed by atoms with E-state index in [1.54, 1.807) is 0 Å². The van der Waals surface area contributed by atoms with Gasteiger partial charge >= 0.3 is 0 Å². The number of anilines is 1. The molecule has 1 heterocycles. The van der Waals surface area contributed by atoms with Gasteiger partial charge in [-0.2, -0.15) is 5.10 Å². The minimum atomic E-state index is 0.462. The molecule has 0 atom stereocenters. The third kappa shape index (κ3) is 3.45. The Morgan fingerprint density at radius 3 is 2.50 bits per heavy atom. The normalized spacial score (nSPS) is 10.8. The number of aromatic nitrogens is 2. The van der Waals surface area contributed by atoms with E-state index in [1.807, 2.05) is 13.1 Å². The molecule has 16 heavy (non-hydrogen) atoms. The zero-order chi connectivity index (χ0) is 12.0. The van der Waals surface area contributed by atoms with Gasteiger partial charge in [0.05, 0.1) is 5.69 Å². The number of hydrogen-bond donors (Lipinski definition) is 1. The summed E-state index contributed by atoms with van der Waals surface area (Å²) in [6.45, 7) is 8.33. The van der Waals surface area contributed by atoms with Crippen LogP contribution in [0.3, 0.4) is 0 Å². The number of hydrogen-bond acceptors (Lipinski definition) is 4. The van der Waals surface area contributed by atoms with E-state index in [-0.39, 0.29) is 0 Å². The van der Waals surface area contributed by atoms with Gasteiger partial charge in [-0.25, -0.2) is 0 Å². The van der Waals surface area contributed by atoms with Crippen molar-refractivity contribution in [1.29, 1.82) is 0 Å². The largest absolute Gasteiger partial charge is 0.353 e. The van der Waals surface area contributed by atoms with Gasteiger partial charge in [-0.3, -0.25) is 0 Å². The maximum Gasteiger partial charge on any atom is 0.151 e. The predicted octanol–water partition coefficient (Wildman–Crippen LogP) is 1.82. The lowest BCUT2D eigenvalue weighted by Gasteiger charge is -2.26. The van der Waals surface area contributed by atoms with Crippen molar-refractivity contribution >= 4 is 5.82 Å². The highest BCUT2D eigenvalue weighted by Gasteiger charge is 2.10. The molecular weight excluding hydrogens is 200 g/mol. The first-order valence-electron chi connectivity index (χ1n) is 5.92. The number of rotatable bonds is 6. The minimum absolute atomic E-state index is 0.462. The van der Waals surface area contributed by atoms with Crippen LogP contribution < -0.4 is 10.2 Å². The van der Waals surface area contributed by atoms with Crippen LogP contribution in [-0.4, -0.2) is 29.8 Å². The van der Waals surface area contributed by atoms with E-state index in [9.17, 15) is 0 Å². The van der Waals surface area contributed by atoms with Crippen molar-refractivity contribution in [1.82, 2.24) is 15.5 Å². The van der Waals surface area contributed by atoms with Crippen molar-refractivity contribution in [3.05, 3.63) is 17.8 Å². The third-order valence-electron chi connectivity index (χ3n) is 2.45. The molecular formula is C12H22N4. The van der Waals surface area contributed by atoms with Crippen molar-refractivity contribution in [2.45, 2.75) is 39.8 Å². The Balaban J connectivity index is 2.77. The van der Waals surface area contributed by atoms with Crippen LogP contribution in [0.1, 0.15) is 32.9 Å². The van der Waals surface area contributed by atoms with E-state index >= 15 is 0 Å². The molecule has 0 saturated heterocycles. The SMILES string of the molecule is CCCN(c1ccc(CNC)nn1)C(C)C. The second-order valence-electron chi connectivity index (χ2n) is 4.20. The molecule has 1 aromatic heterocycles. The minimum Gasteiger partial charge on any atom is -0.353 e. The molecule has 4 heteroatoms. The molecule has 4 nitrogen and oxygen atoms in total. The summed E-state index contributed by atoms with van der Waals surface area (Å²) in [6.07, 6.45) is 1.12. The van der Waals surface area contributed by atoms with Crippen LogP contribution in [0.15, 0.2) is 12.1 Å². The highest BCUT2D eigenvalue weighted by molar-refractivity contribution is 5.38. The molecule has 0 bridgehead atoms. The molecule has 0 spiro atoms. The molecule has 90 valence electrons. The van der Waals surface area contributed by atoms with E-state index in [1.165, 1.54) is 0 Å². The Hall–Kier alpha value is -1.16. The monoisotopic (exact) mass is 222 g/mol. The van der Waals surface area contributed by atoms with Gasteiger partial charge in [0.1, 0.15) is 0 Å². The van der Waals surface area contributed by atoms with Crippen molar-refractivity contribution in [2.75, 3.05) is 18.5 Å². The third-order valence-corrected chi connectivity index (χ3v) is 2.45. The first kappa shape index (κ1) is 12.9. The van der Waals surface area contributed by atoms with E-state index in [0.717, 1.165) is 31.0 Å². The molecule has 0 aliphatic rings. The fraction of sp³-hybridized carbons (Fsp3) is 0.667.